The third-order valence-electron chi connectivity index (χ3n) is 3.17. The lowest BCUT2D eigenvalue weighted by atomic mass is 10.1. The van der Waals surface area contributed by atoms with Crippen molar-refractivity contribution in [3.8, 4) is 0 Å². The van der Waals surface area contributed by atoms with Crippen molar-refractivity contribution in [2.75, 3.05) is 6.54 Å². The molecule has 2 N–H and O–H groups in total. The van der Waals surface area contributed by atoms with Crippen molar-refractivity contribution in [3.05, 3.63) is 41.2 Å². The molecule has 2 aromatic rings. The minimum Gasteiger partial charge on any atom is -0.481 e. The molecule has 0 aliphatic rings. The third kappa shape index (κ3) is 4.37. The van der Waals surface area contributed by atoms with Gasteiger partial charge in [-0.05, 0) is 28.5 Å². The zero-order chi connectivity index (χ0) is 15.9. The van der Waals surface area contributed by atoms with Gasteiger partial charge >= 0.3 is 5.97 Å². The summed E-state index contributed by atoms with van der Waals surface area (Å²) in [6, 6.07) is 7.87. The predicted molar refractivity (Wildman–Crippen MR) is 77.1 cm³/mol. The van der Waals surface area contributed by atoms with E-state index in [-0.39, 0.29) is 25.3 Å². The first-order valence-corrected chi connectivity index (χ1v) is 6.84. The second-order valence-electron chi connectivity index (χ2n) is 4.85. The van der Waals surface area contributed by atoms with Crippen LogP contribution < -0.4 is 5.32 Å². The molecular formula is C14H17N5O3. The molecule has 0 aliphatic carbocycles. The van der Waals surface area contributed by atoms with Gasteiger partial charge in [-0.2, -0.15) is 0 Å². The van der Waals surface area contributed by atoms with E-state index in [0.29, 0.717) is 12.4 Å². The molecule has 0 aliphatic heterocycles. The molecule has 8 heteroatoms. The van der Waals surface area contributed by atoms with E-state index in [4.69, 9.17) is 5.11 Å². The van der Waals surface area contributed by atoms with E-state index in [1.54, 1.807) is 4.68 Å². The Bertz CT molecular complexity index is 668. The van der Waals surface area contributed by atoms with E-state index < -0.39 is 5.97 Å². The number of carboxylic acids is 1. The normalized spacial score (nSPS) is 10.4. The fourth-order valence-electron chi connectivity index (χ4n) is 1.94. The van der Waals surface area contributed by atoms with Gasteiger partial charge in [0.2, 0.25) is 5.91 Å². The molecule has 0 radical (unpaired) electrons. The zero-order valence-corrected chi connectivity index (χ0v) is 12.2. The smallest absolute Gasteiger partial charge is 0.305 e. The highest BCUT2D eigenvalue weighted by Crippen LogP contribution is 2.09. The number of tetrazole rings is 1. The maximum absolute atomic E-state index is 11.8. The standard InChI is InChI=1S/C14H17N5O3/c1-10-4-2-3-5-11(10)9-19-12(16-17-18-19)8-13(20)15-7-6-14(21)22/h2-5H,6-9H2,1H3,(H,15,20)(H,21,22). The van der Waals surface area contributed by atoms with Crippen molar-refractivity contribution in [1.29, 1.82) is 0 Å². The Morgan fingerprint density at radius 1 is 1.32 bits per heavy atom. The number of rotatable bonds is 7. The lowest BCUT2D eigenvalue weighted by molar-refractivity contribution is -0.136. The van der Waals surface area contributed by atoms with Gasteiger partial charge in [0.1, 0.15) is 0 Å². The van der Waals surface area contributed by atoms with E-state index >= 15 is 0 Å². The average Bonchev–Trinajstić information content (AvgIpc) is 2.88. The van der Waals surface area contributed by atoms with Gasteiger partial charge in [0.05, 0.1) is 19.4 Å². The molecule has 8 nitrogen and oxygen atoms in total. The molecule has 0 unspecified atom stereocenters. The van der Waals surface area contributed by atoms with Gasteiger partial charge in [-0.3, -0.25) is 9.59 Å². The molecule has 116 valence electrons. The lowest BCUT2D eigenvalue weighted by Crippen LogP contribution is -2.28. The number of amides is 1. The average molecular weight is 303 g/mol. The Morgan fingerprint density at radius 2 is 2.09 bits per heavy atom. The number of aromatic nitrogens is 4. The maximum atomic E-state index is 11.8. The number of nitrogens with one attached hydrogen (secondary N) is 1. The summed E-state index contributed by atoms with van der Waals surface area (Å²) in [5, 5.41) is 22.4. The summed E-state index contributed by atoms with van der Waals surface area (Å²) >= 11 is 0. The Labute approximate surface area is 127 Å². The molecule has 2 rings (SSSR count). The molecule has 1 aromatic heterocycles. The van der Waals surface area contributed by atoms with Crippen LogP contribution in [0, 0.1) is 6.92 Å². The largest absolute Gasteiger partial charge is 0.481 e. The molecule has 0 bridgehead atoms. The number of aliphatic carboxylic acids is 1. The predicted octanol–water partition coefficient (Wildman–Crippen LogP) is 0.163. The molecule has 0 fully saturated rings. The van der Waals surface area contributed by atoms with Crippen LogP contribution in [0.25, 0.3) is 0 Å². The first kappa shape index (κ1) is 15.6. The van der Waals surface area contributed by atoms with Gasteiger partial charge in [-0.15, -0.1) is 5.10 Å². The minimum atomic E-state index is -0.954. The minimum absolute atomic E-state index is 0.0124. The molecule has 22 heavy (non-hydrogen) atoms. The van der Waals surface area contributed by atoms with Gasteiger partial charge in [-0.25, -0.2) is 4.68 Å². The number of benzene rings is 1. The zero-order valence-electron chi connectivity index (χ0n) is 12.2. The summed E-state index contributed by atoms with van der Waals surface area (Å²) in [4.78, 5) is 22.1. The highest BCUT2D eigenvalue weighted by molar-refractivity contribution is 5.78. The monoisotopic (exact) mass is 303 g/mol. The first-order chi connectivity index (χ1) is 10.6. The highest BCUT2D eigenvalue weighted by Gasteiger charge is 2.12. The van der Waals surface area contributed by atoms with Crippen LogP contribution in [0.5, 0.6) is 0 Å². The number of hydrogen-bond donors (Lipinski definition) is 2. The van der Waals surface area contributed by atoms with Crippen LogP contribution in [0.2, 0.25) is 0 Å². The van der Waals surface area contributed by atoms with E-state index in [2.05, 4.69) is 20.8 Å². The second-order valence-corrected chi connectivity index (χ2v) is 4.85. The van der Waals surface area contributed by atoms with Gasteiger partial charge in [0.15, 0.2) is 5.82 Å². The summed E-state index contributed by atoms with van der Waals surface area (Å²) in [7, 11) is 0. The summed E-state index contributed by atoms with van der Waals surface area (Å²) in [5.41, 5.74) is 2.19. The van der Waals surface area contributed by atoms with Crippen LogP contribution >= 0.6 is 0 Å². The number of carbonyl (C=O) groups excluding carboxylic acids is 1. The topological polar surface area (TPSA) is 110 Å². The quantitative estimate of drug-likeness (QED) is 0.754. The SMILES string of the molecule is Cc1ccccc1Cn1nnnc1CC(=O)NCCC(=O)O. The van der Waals surface area contributed by atoms with E-state index in [9.17, 15) is 9.59 Å². The van der Waals surface area contributed by atoms with Crippen molar-refractivity contribution in [1.82, 2.24) is 25.5 Å². The number of hydrogen-bond acceptors (Lipinski definition) is 5. The van der Waals surface area contributed by atoms with Crippen molar-refractivity contribution >= 4 is 11.9 Å². The van der Waals surface area contributed by atoms with Crippen molar-refractivity contribution in [3.63, 3.8) is 0 Å². The van der Waals surface area contributed by atoms with Crippen LogP contribution in [-0.4, -0.2) is 43.7 Å². The van der Waals surface area contributed by atoms with Gasteiger partial charge in [0, 0.05) is 6.54 Å². The lowest BCUT2D eigenvalue weighted by Gasteiger charge is -2.07. The van der Waals surface area contributed by atoms with Crippen LogP contribution in [0.4, 0.5) is 0 Å². The van der Waals surface area contributed by atoms with Gasteiger partial charge in [0.25, 0.3) is 0 Å². The number of nitrogens with zero attached hydrogens (tertiary/aromatic N) is 4. The summed E-state index contributed by atoms with van der Waals surface area (Å²) in [6.45, 7) is 2.57. The second kappa shape index (κ2) is 7.30. The van der Waals surface area contributed by atoms with E-state index in [1.807, 2.05) is 31.2 Å². The summed E-state index contributed by atoms with van der Waals surface area (Å²) < 4.78 is 1.57. The molecular weight excluding hydrogens is 286 g/mol. The van der Waals surface area contributed by atoms with Crippen LogP contribution in [-0.2, 0) is 22.6 Å². The van der Waals surface area contributed by atoms with E-state index in [0.717, 1.165) is 11.1 Å². The van der Waals surface area contributed by atoms with Crippen molar-refractivity contribution in [2.45, 2.75) is 26.3 Å². The van der Waals surface area contributed by atoms with E-state index in [1.165, 1.54) is 0 Å². The Hall–Kier alpha value is -2.77. The molecule has 1 amide bonds. The van der Waals surface area contributed by atoms with Crippen molar-refractivity contribution in [2.24, 2.45) is 0 Å². The molecule has 0 atom stereocenters. The van der Waals surface area contributed by atoms with Crippen LogP contribution in [0.15, 0.2) is 24.3 Å². The van der Waals surface area contributed by atoms with Gasteiger partial charge in [-0.1, -0.05) is 24.3 Å². The van der Waals surface area contributed by atoms with Gasteiger partial charge < -0.3 is 10.4 Å². The maximum Gasteiger partial charge on any atom is 0.305 e. The number of aryl methyl sites for hydroxylation is 1. The Morgan fingerprint density at radius 3 is 2.82 bits per heavy atom. The Balaban J connectivity index is 1.96. The molecule has 0 saturated heterocycles. The third-order valence-corrected chi connectivity index (χ3v) is 3.17. The number of carbonyl (C=O) groups is 2. The van der Waals surface area contributed by atoms with Crippen molar-refractivity contribution < 1.29 is 14.7 Å². The molecule has 0 saturated carbocycles. The fraction of sp³-hybridized carbons (Fsp3) is 0.357. The van der Waals surface area contributed by atoms with Crippen LogP contribution in [0.1, 0.15) is 23.4 Å². The Kier molecular flexibility index (Phi) is 5.18. The highest BCUT2D eigenvalue weighted by atomic mass is 16.4. The summed E-state index contributed by atoms with van der Waals surface area (Å²) in [5.74, 6) is -0.817. The molecule has 1 aromatic carbocycles. The fourth-order valence-corrected chi connectivity index (χ4v) is 1.94. The first-order valence-electron chi connectivity index (χ1n) is 6.84. The summed E-state index contributed by atoms with van der Waals surface area (Å²) in [6.07, 6.45) is -0.0988. The number of carboxylic acid groups (broad SMARTS) is 1. The molecule has 1 heterocycles. The van der Waals surface area contributed by atoms with Crippen LogP contribution in [0.3, 0.4) is 0 Å². The molecule has 0 spiro atoms.